The Labute approximate surface area is 222 Å². The summed E-state index contributed by atoms with van der Waals surface area (Å²) in [5.41, 5.74) is 0.638. The number of halogens is 4. The average molecular weight is 537 g/mol. The van der Waals surface area contributed by atoms with Crippen molar-refractivity contribution in [2.24, 2.45) is 0 Å². The van der Waals surface area contributed by atoms with Crippen LogP contribution in [-0.4, -0.2) is 21.8 Å². The van der Waals surface area contributed by atoms with E-state index in [1.54, 1.807) is 49.6 Å². The molecule has 0 aliphatic carbocycles. The highest BCUT2D eigenvalue weighted by atomic mass is 19.4. The molecule has 1 N–H and O–H groups in total. The summed E-state index contributed by atoms with van der Waals surface area (Å²) in [6.45, 7) is 3.59. The third-order valence-electron chi connectivity index (χ3n) is 6.02. The van der Waals surface area contributed by atoms with E-state index >= 15 is 0 Å². The summed E-state index contributed by atoms with van der Waals surface area (Å²) in [5.74, 6) is -1.79. The second-order valence-electron chi connectivity index (χ2n) is 8.53. The molecule has 10 heteroatoms. The van der Waals surface area contributed by atoms with Crippen molar-refractivity contribution in [1.29, 1.82) is 0 Å². The lowest BCUT2D eigenvalue weighted by atomic mass is 9.95. The number of pyridine rings is 2. The van der Waals surface area contributed by atoms with E-state index < -0.39 is 29.2 Å². The fourth-order valence-electron chi connectivity index (χ4n) is 4.23. The van der Waals surface area contributed by atoms with Crippen molar-refractivity contribution in [2.75, 3.05) is 10.2 Å². The van der Waals surface area contributed by atoms with Crippen LogP contribution in [0.3, 0.4) is 0 Å². The first-order valence-corrected chi connectivity index (χ1v) is 12.1. The third kappa shape index (κ3) is 5.95. The van der Waals surface area contributed by atoms with Gasteiger partial charge < -0.3 is 5.32 Å². The number of hydrogen-bond donors (Lipinski definition) is 1. The van der Waals surface area contributed by atoms with Crippen LogP contribution in [-0.2, 0) is 17.4 Å². The lowest BCUT2D eigenvalue weighted by Gasteiger charge is -2.26. The van der Waals surface area contributed by atoms with Gasteiger partial charge in [-0.1, -0.05) is 26.0 Å². The van der Waals surface area contributed by atoms with Crippen LogP contribution in [0.2, 0.25) is 0 Å². The van der Waals surface area contributed by atoms with Gasteiger partial charge in [-0.15, -0.1) is 0 Å². The molecular formula is C29H24F4N4O2. The molecule has 0 spiro atoms. The van der Waals surface area contributed by atoms with Crippen molar-refractivity contribution in [2.45, 2.75) is 32.9 Å². The zero-order valence-electron chi connectivity index (χ0n) is 21.1. The van der Waals surface area contributed by atoms with Crippen molar-refractivity contribution in [1.82, 2.24) is 9.97 Å². The molecule has 2 heterocycles. The molecule has 0 saturated heterocycles. The maximum absolute atomic E-state index is 13.8. The van der Waals surface area contributed by atoms with Gasteiger partial charge in [-0.25, -0.2) is 4.39 Å². The minimum absolute atomic E-state index is 0.126. The van der Waals surface area contributed by atoms with Crippen molar-refractivity contribution in [3.05, 3.63) is 102 Å². The smallest absolute Gasteiger partial charge is 0.322 e. The SMILES string of the molecule is CCC(=O)N(c1cccnc1)c1cccc(-c2cnc(C(F)(F)F)c(C(=O)Nc3ccc(F)cc3)c2)c1CC. The van der Waals surface area contributed by atoms with E-state index in [-0.39, 0.29) is 23.6 Å². The van der Waals surface area contributed by atoms with Gasteiger partial charge in [-0.2, -0.15) is 13.2 Å². The first-order chi connectivity index (χ1) is 18.6. The largest absolute Gasteiger partial charge is 0.434 e. The summed E-state index contributed by atoms with van der Waals surface area (Å²) in [6.07, 6.45) is -0.0615. The highest BCUT2D eigenvalue weighted by Gasteiger charge is 2.37. The number of nitrogens with one attached hydrogen (secondary N) is 1. The lowest BCUT2D eigenvalue weighted by Crippen LogP contribution is -2.26. The van der Waals surface area contributed by atoms with Gasteiger partial charge in [0.1, 0.15) is 5.82 Å². The van der Waals surface area contributed by atoms with E-state index in [9.17, 15) is 27.2 Å². The van der Waals surface area contributed by atoms with Gasteiger partial charge in [-0.3, -0.25) is 24.5 Å². The Kier molecular flexibility index (Phi) is 8.04. The molecule has 2 aromatic carbocycles. The van der Waals surface area contributed by atoms with Gasteiger partial charge in [0, 0.05) is 30.1 Å². The number of carbonyl (C=O) groups excluding carboxylic acids is 2. The summed E-state index contributed by atoms with van der Waals surface area (Å²) >= 11 is 0. The maximum Gasteiger partial charge on any atom is 0.434 e. The summed E-state index contributed by atoms with van der Waals surface area (Å²) in [4.78, 5) is 35.3. The van der Waals surface area contributed by atoms with Crippen LogP contribution in [0.25, 0.3) is 11.1 Å². The van der Waals surface area contributed by atoms with E-state index in [2.05, 4.69) is 15.3 Å². The minimum atomic E-state index is -4.89. The molecule has 0 unspecified atom stereocenters. The number of hydrogen-bond acceptors (Lipinski definition) is 4. The average Bonchev–Trinajstić information content (AvgIpc) is 2.94. The maximum atomic E-state index is 13.8. The molecule has 2 aromatic heterocycles. The van der Waals surface area contributed by atoms with Crippen LogP contribution in [0.1, 0.15) is 41.9 Å². The number of aromatic nitrogens is 2. The van der Waals surface area contributed by atoms with Gasteiger partial charge in [-0.05, 0) is 66.1 Å². The normalized spacial score (nSPS) is 11.2. The standard InChI is InChI=1S/C29H24F4N4O2/c1-3-22-23(8-5-9-25(22)37(26(38)4-2)21-7-6-14-34-17-21)18-15-24(27(35-16-18)29(31,32)33)28(39)36-20-12-10-19(30)11-13-20/h5-17H,3-4H2,1-2H3,(H,36,39). The monoisotopic (exact) mass is 536 g/mol. The fraction of sp³-hybridized carbons (Fsp3) is 0.172. The predicted octanol–water partition coefficient (Wildman–Crippen LogP) is 7.19. The van der Waals surface area contributed by atoms with Crippen LogP contribution in [0.5, 0.6) is 0 Å². The fourth-order valence-corrected chi connectivity index (χ4v) is 4.23. The molecule has 0 aliphatic rings. The number of anilines is 3. The third-order valence-corrected chi connectivity index (χ3v) is 6.02. The van der Waals surface area contributed by atoms with Gasteiger partial charge in [0.2, 0.25) is 5.91 Å². The van der Waals surface area contributed by atoms with Gasteiger partial charge in [0.15, 0.2) is 5.69 Å². The van der Waals surface area contributed by atoms with Crippen molar-refractivity contribution >= 4 is 28.9 Å². The summed E-state index contributed by atoms with van der Waals surface area (Å²) < 4.78 is 54.7. The van der Waals surface area contributed by atoms with Crippen molar-refractivity contribution in [3.8, 4) is 11.1 Å². The first-order valence-electron chi connectivity index (χ1n) is 12.1. The van der Waals surface area contributed by atoms with E-state index in [1.807, 2.05) is 6.92 Å². The lowest BCUT2D eigenvalue weighted by molar-refractivity contribution is -0.141. The highest BCUT2D eigenvalue weighted by Crippen LogP contribution is 2.38. The number of carbonyl (C=O) groups is 2. The molecule has 0 atom stereocenters. The molecule has 0 saturated carbocycles. The molecule has 0 bridgehead atoms. The Morgan fingerprint density at radius 3 is 2.33 bits per heavy atom. The molecule has 0 aliphatic heterocycles. The van der Waals surface area contributed by atoms with Crippen LogP contribution in [0.4, 0.5) is 34.6 Å². The number of alkyl halides is 3. The molecule has 0 fully saturated rings. The van der Waals surface area contributed by atoms with Crippen molar-refractivity contribution < 1.29 is 27.2 Å². The Morgan fingerprint density at radius 1 is 0.974 bits per heavy atom. The molecule has 4 aromatic rings. The molecular weight excluding hydrogens is 512 g/mol. The Balaban J connectivity index is 1.84. The van der Waals surface area contributed by atoms with Gasteiger partial charge in [0.25, 0.3) is 5.91 Å². The number of amides is 2. The molecule has 200 valence electrons. The van der Waals surface area contributed by atoms with E-state index in [1.165, 1.54) is 17.0 Å². The summed E-state index contributed by atoms with van der Waals surface area (Å²) in [6, 6.07) is 14.4. The van der Waals surface area contributed by atoms with Gasteiger partial charge >= 0.3 is 6.18 Å². The number of rotatable bonds is 7. The minimum Gasteiger partial charge on any atom is -0.322 e. The Bertz CT molecular complexity index is 1490. The van der Waals surface area contributed by atoms with E-state index in [4.69, 9.17) is 0 Å². The summed E-state index contributed by atoms with van der Waals surface area (Å²) in [7, 11) is 0. The highest BCUT2D eigenvalue weighted by molar-refractivity contribution is 6.06. The van der Waals surface area contributed by atoms with Gasteiger partial charge in [0.05, 0.1) is 23.1 Å². The van der Waals surface area contributed by atoms with Crippen LogP contribution in [0, 0.1) is 5.82 Å². The van der Waals surface area contributed by atoms with Crippen LogP contribution >= 0.6 is 0 Å². The van der Waals surface area contributed by atoms with Crippen LogP contribution in [0.15, 0.2) is 79.3 Å². The molecule has 0 radical (unpaired) electrons. The molecule has 6 nitrogen and oxygen atoms in total. The Morgan fingerprint density at radius 2 is 1.72 bits per heavy atom. The first kappa shape index (κ1) is 27.4. The number of nitrogens with zero attached hydrogens (tertiary/aromatic N) is 3. The zero-order valence-corrected chi connectivity index (χ0v) is 21.1. The molecule has 4 rings (SSSR count). The van der Waals surface area contributed by atoms with Crippen LogP contribution < -0.4 is 10.2 Å². The van der Waals surface area contributed by atoms with Crippen molar-refractivity contribution in [3.63, 3.8) is 0 Å². The van der Waals surface area contributed by atoms with E-state index in [0.29, 0.717) is 28.9 Å². The molecule has 2 amide bonds. The zero-order chi connectivity index (χ0) is 28.2. The molecule has 39 heavy (non-hydrogen) atoms. The van der Waals surface area contributed by atoms with E-state index in [0.717, 1.165) is 24.4 Å². The quantitative estimate of drug-likeness (QED) is 0.254. The summed E-state index contributed by atoms with van der Waals surface area (Å²) in [5, 5.41) is 2.37. The topological polar surface area (TPSA) is 75.2 Å². The second-order valence-corrected chi connectivity index (χ2v) is 8.53. The second kappa shape index (κ2) is 11.4. The number of benzene rings is 2. The predicted molar refractivity (Wildman–Crippen MR) is 140 cm³/mol. The Hall–Kier alpha value is -4.60.